The Kier molecular flexibility index (Phi) is 4.15. The van der Waals surface area contributed by atoms with E-state index in [0.29, 0.717) is 17.1 Å². The van der Waals surface area contributed by atoms with Crippen LogP contribution in [0.1, 0.15) is 12.5 Å². The summed E-state index contributed by atoms with van der Waals surface area (Å²) in [6.45, 7) is 2.22. The number of hydrogen-bond donors (Lipinski definition) is 3. The molecule has 0 saturated carbocycles. The molecule has 0 saturated heterocycles. The van der Waals surface area contributed by atoms with Crippen LogP contribution in [-0.2, 0) is 0 Å². The summed E-state index contributed by atoms with van der Waals surface area (Å²) in [5.41, 5.74) is 6.77. The topological polar surface area (TPSA) is 73.3 Å². The van der Waals surface area contributed by atoms with Crippen molar-refractivity contribution in [3.05, 3.63) is 28.8 Å². The summed E-state index contributed by atoms with van der Waals surface area (Å²) in [6, 6.07) is 5.18. The average molecular weight is 242 g/mol. The lowest BCUT2D eigenvalue weighted by molar-refractivity contribution is 0.201. The third kappa shape index (κ3) is 3.12. The second kappa shape index (κ2) is 5.18. The van der Waals surface area contributed by atoms with Gasteiger partial charge in [-0.2, -0.15) is 0 Å². The van der Waals surface area contributed by atoms with E-state index in [1.807, 2.05) is 11.9 Å². The van der Waals surface area contributed by atoms with Gasteiger partial charge in [-0.25, -0.2) is 0 Å². The molecule has 0 aliphatic heterocycles. The summed E-state index contributed by atoms with van der Waals surface area (Å²) in [6.07, 6.45) is -0.423. The molecule has 0 aliphatic carbocycles. The van der Waals surface area contributed by atoms with Crippen molar-refractivity contribution >= 4 is 23.1 Å². The smallest absolute Gasteiger partial charge is 0.122 e. The fourth-order valence-electron chi connectivity index (χ4n) is 1.48. The van der Waals surface area contributed by atoms with Gasteiger partial charge in [-0.15, -0.1) is 0 Å². The van der Waals surface area contributed by atoms with Gasteiger partial charge in [0.1, 0.15) is 5.84 Å². The van der Waals surface area contributed by atoms with Crippen molar-refractivity contribution in [3.63, 3.8) is 0 Å². The fourth-order valence-corrected chi connectivity index (χ4v) is 1.80. The van der Waals surface area contributed by atoms with Crippen molar-refractivity contribution in [2.75, 3.05) is 18.5 Å². The molecule has 1 aromatic carbocycles. The maximum Gasteiger partial charge on any atom is 0.122 e. The highest BCUT2D eigenvalue weighted by atomic mass is 35.5. The van der Waals surface area contributed by atoms with Crippen molar-refractivity contribution < 1.29 is 5.11 Å². The van der Waals surface area contributed by atoms with Crippen LogP contribution in [-0.4, -0.2) is 30.6 Å². The highest BCUT2D eigenvalue weighted by molar-refractivity contribution is 6.33. The third-order valence-corrected chi connectivity index (χ3v) is 2.51. The molecule has 16 heavy (non-hydrogen) atoms. The number of aliphatic hydroxyl groups is 1. The predicted octanol–water partition coefficient (Wildman–Crippen LogP) is 1.44. The molecule has 0 aliphatic rings. The SMILES string of the molecule is CC(O)CN(C)c1ccc(C(=N)N)cc1Cl. The zero-order chi connectivity index (χ0) is 12.3. The third-order valence-electron chi connectivity index (χ3n) is 2.21. The van der Waals surface area contributed by atoms with Crippen LogP contribution in [0.25, 0.3) is 0 Å². The minimum atomic E-state index is -0.423. The Morgan fingerprint density at radius 2 is 2.25 bits per heavy atom. The number of halogens is 1. The van der Waals surface area contributed by atoms with Crippen molar-refractivity contribution in [2.24, 2.45) is 5.73 Å². The van der Waals surface area contributed by atoms with E-state index in [1.54, 1.807) is 25.1 Å². The number of likely N-dealkylation sites (N-methyl/N-ethyl adjacent to an activating group) is 1. The van der Waals surface area contributed by atoms with Crippen LogP contribution in [0.2, 0.25) is 5.02 Å². The second-order valence-electron chi connectivity index (χ2n) is 3.81. The number of nitrogens with one attached hydrogen (secondary N) is 1. The molecule has 0 fully saturated rings. The number of nitrogens with two attached hydrogens (primary N) is 1. The minimum Gasteiger partial charge on any atom is -0.392 e. The summed E-state index contributed by atoms with van der Waals surface area (Å²) in [5.74, 6) is -0.00775. The Bertz CT molecular complexity index is 393. The highest BCUT2D eigenvalue weighted by Crippen LogP contribution is 2.26. The first-order valence-corrected chi connectivity index (χ1v) is 5.32. The van der Waals surface area contributed by atoms with Crippen molar-refractivity contribution in [2.45, 2.75) is 13.0 Å². The molecule has 1 aromatic rings. The molecule has 1 atom stereocenters. The van der Waals surface area contributed by atoms with Gasteiger partial charge in [0.05, 0.1) is 16.8 Å². The van der Waals surface area contributed by atoms with E-state index in [0.717, 1.165) is 5.69 Å². The van der Waals surface area contributed by atoms with E-state index in [1.165, 1.54) is 0 Å². The number of nitrogen functional groups attached to an aromatic ring is 1. The van der Waals surface area contributed by atoms with Gasteiger partial charge in [-0.1, -0.05) is 11.6 Å². The lowest BCUT2D eigenvalue weighted by Crippen LogP contribution is -2.27. The summed E-state index contributed by atoms with van der Waals surface area (Å²) in [4.78, 5) is 1.86. The van der Waals surface area contributed by atoms with Crippen molar-refractivity contribution in [1.29, 1.82) is 5.41 Å². The number of aliphatic hydroxyl groups excluding tert-OH is 1. The second-order valence-corrected chi connectivity index (χ2v) is 4.22. The Morgan fingerprint density at radius 1 is 1.62 bits per heavy atom. The summed E-state index contributed by atoms with van der Waals surface area (Å²) in [5, 5.41) is 17.1. The highest BCUT2D eigenvalue weighted by Gasteiger charge is 2.09. The quantitative estimate of drug-likeness (QED) is 0.552. The first-order valence-electron chi connectivity index (χ1n) is 4.95. The van der Waals surface area contributed by atoms with Gasteiger partial charge >= 0.3 is 0 Å². The standard InChI is InChI=1S/C11H16ClN3O/c1-7(16)6-15(2)10-4-3-8(11(13)14)5-9(10)12/h3-5,7,16H,6H2,1-2H3,(H3,13,14). The maximum atomic E-state index is 9.28. The molecule has 0 aromatic heterocycles. The molecular formula is C11H16ClN3O. The summed E-state index contributed by atoms with van der Waals surface area (Å²) >= 11 is 6.08. The monoisotopic (exact) mass is 241 g/mol. The number of amidine groups is 1. The van der Waals surface area contributed by atoms with Crippen LogP contribution < -0.4 is 10.6 Å². The number of rotatable bonds is 4. The molecule has 5 heteroatoms. The first kappa shape index (κ1) is 12.8. The maximum absolute atomic E-state index is 9.28. The molecule has 88 valence electrons. The fraction of sp³-hybridized carbons (Fsp3) is 0.364. The molecule has 1 rings (SSSR count). The van der Waals surface area contributed by atoms with E-state index >= 15 is 0 Å². The first-order chi connectivity index (χ1) is 7.41. The lowest BCUT2D eigenvalue weighted by Gasteiger charge is -2.22. The molecule has 4 nitrogen and oxygen atoms in total. The molecule has 0 heterocycles. The van der Waals surface area contributed by atoms with Crippen LogP contribution in [0.5, 0.6) is 0 Å². The van der Waals surface area contributed by atoms with Crippen molar-refractivity contribution in [3.8, 4) is 0 Å². The van der Waals surface area contributed by atoms with Gasteiger partial charge in [0.25, 0.3) is 0 Å². The molecule has 0 amide bonds. The van der Waals surface area contributed by atoms with Gasteiger partial charge < -0.3 is 15.7 Å². The number of nitrogens with zero attached hydrogens (tertiary/aromatic N) is 1. The number of anilines is 1. The minimum absolute atomic E-state index is 0.00775. The summed E-state index contributed by atoms with van der Waals surface area (Å²) in [7, 11) is 1.85. The molecule has 1 unspecified atom stereocenters. The van der Waals surface area contributed by atoms with E-state index in [4.69, 9.17) is 22.7 Å². The largest absolute Gasteiger partial charge is 0.392 e. The summed E-state index contributed by atoms with van der Waals surface area (Å²) < 4.78 is 0. The molecule has 0 bridgehead atoms. The Hall–Kier alpha value is -1.26. The zero-order valence-electron chi connectivity index (χ0n) is 9.37. The Balaban J connectivity index is 2.94. The van der Waals surface area contributed by atoms with Crippen LogP contribution in [0.3, 0.4) is 0 Å². The molecule has 0 spiro atoms. The van der Waals surface area contributed by atoms with E-state index in [9.17, 15) is 5.11 Å². The normalized spacial score (nSPS) is 12.2. The number of hydrogen-bond acceptors (Lipinski definition) is 3. The van der Waals surface area contributed by atoms with Crippen molar-refractivity contribution in [1.82, 2.24) is 0 Å². The van der Waals surface area contributed by atoms with Gasteiger partial charge in [0.2, 0.25) is 0 Å². The molecule has 0 radical (unpaired) electrons. The average Bonchev–Trinajstić information content (AvgIpc) is 2.15. The van der Waals surface area contributed by atoms with Crippen LogP contribution in [0, 0.1) is 5.41 Å². The Labute approximate surface area is 100 Å². The molecule has 4 N–H and O–H groups in total. The lowest BCUT2D eigenvalue weighted by atomic mass is 10.2. The van der Waals surface area contributed by atoms with Crippen LogP contribution >= 0.6 is 11.6 Å². The Morgan fingerprint density at radius 3 is 2.69 bits per heavy atom. The van der Waals surface area contributed by atoms with E-state index in [2.05, 4.69) is 0 Å². The van der Waals surface area contributed by atoms with Gasteiger partial charge in [-0.3, -0.25) is 5.41 Å². The van der Waals surface area contributed by atoms with Crippen LogP contribution in [0.4, 0.5) is 5.69 Å². The van der Waals surface area contributed by atoms with Crippen LogP contribution in [0.15, 0.2) is 18.2 Å². The van der Waals surface area contributed by atoms with Gasteiger partial charge in [0.15, 0.2) is 0 Å². The van der Waals surface area contributed by atoms with E-state index in [-0.39, 0.29) is 5.84 Å². The van der Waals surface area contributed by atoms with Gasteiger partial charge in [0, 0.05) is 19.2 Å². The molecular weight excluding hydrogens is 226 g/mol. The van der Waals surface area contributed by atoms with Gasteiger partial charge in [-0.05, 0) is 25.1 Å². The zero-order valence-corrected chi connectivity index (χ0v) is 10.1. The predicted molar refractivity (Wildman–Crippen MR) is 67.4 cm³/mol. The number of benzene rings is 1. The van der Waals surface area contributed by atoms with E-state index < -0.39 is 6.10 Å².